The first kappa shape index (κ1) is 32.2. The summed E-state index contributed by atoms with van der Waals surface area (Å²) in [7, 11) is 2.21. The first-order valence-corrected chi connectivity index (χ1v) is 17.3. The van der Waals surface area contributed by atoms with Crippen molar-refractivity contribution in [3.05, 3.63) is 186 Å². The van der Waals surface area contributed by atoms with Gasteiger partial charge in [0.15, 0.2) is 0 Å². The van der Waals surface area contributed by atoms with Gasteiger partial charge in [-0.05, 0) is 73.0 Å². The fourth-order valence-corrected chi connectivity index (χ4v) is 8.22. The van der Waals surface area contributed by atoms with Gasteiger partial charge in [0, 0.05) is 29.0 Å². The molecule has 1 aliphatic heterocycles. The molecule has 0 N–H and O–H groups in total. The van der Waals surface area contributed by atoms with Crippen molar-refractivity contribution in [1.82, 2.24) is 0 Å². The average molecular weight is 636 g/mol. The predicted octanol–water partition coefficient (Wildman–Crippen LogP) is 13.0. The maximum atomic E-state index is 4.53. The van der Waals surface area contributed by atoms with Crippen LogP contribution in [0.5, 0.6) is 0 Å². The van der Waals surface area contributed by atoms with E-state index in [1.165, 1.54) is 71.2 Å². The molecule has 1 nitrogen and oxygen atoms in total. The summed E-state index contributed by atoms with van der Waals surface area (Å²) in [5, 5.41) is 10.5. The van der Waals surface area contributed by atoms with E-state index >= 15 is 0 Å². The van der Waals surface area contributed by atoms with Crippen LogP contribution in [0, 0.1) is 6.92 Å². The Balaban J connectivity index is 1.07. The number of aryl methyl sites for hydroxylation is 1. The van der Waals surface area contributed by atoms with E-state index in [9.17, 15) is 0 Å². The number of anilines is 1. The van der Waals surface area contributed by atoms with Gasteiger partial charge in [-0.1, -0.05) is 180 Å². The largest absolute Gasteiger partial charge is 0.347 e. The number of likely N-dealkylation sites (N-methyl/N-ethyl adjacent to an activating group) is 1. The van der Waals surface area contributed by atoms with Crippen molar-refractivity contribution >= 4 is 48.8 Å². The first-order valence-electron chi connectivity index (χ1n) is 17.3. The van der Waals surface area contributed by atoms with Crippen LogP contribution < -0.4 is 4.90 Å². The second-order valence-corrected chi connectivity index (χ2v) is 14.3. The lowest BCUT2D eigenvalue weighted by atomic mass is 9.73. The van der Waals surface area contributed by atoms with Crippen molar-refractivity contribution in [3.8, 4) is 0 Å². The molecule has 6 aromatic rings. The van der Waals surface area contributed by atoms with Gasteiger partial charge < -0.3 is 4.90 Å². The molecule has 0 aromatic heterocycles. The van der Waals surface area contributed by atoms with Crippen LogP contribution in [0.1, 0.15) is 44.4 Å². The zero-order valence-electron chi connectivity index (χ0n) is 29.6. The van der Waals surface area contributed by atoms with E-state index in [4.69, 9.17) is 0 Å². The quantitative estimate of drug-likeness (QED) is 0.125. The third-order valence-electron chi connectivity index (χ3n) is 10.7. The Morgan fingerprint density at radius 1 is 0.592 bits per heavy atom. The second-order valence-electron chi connectivity index (χ2n) is 14.3. The minimum atomic E-state index is -0.233. The lowest BCUT2D eigenvalue weighted by molar-refractivity contribution is 0.644. The normalized spacial score (nSPS) is 15.9. The van der Waals surface area contributed by atoms with Crippen LogP contribution in [0.3, 0.4) is 0 Å². The molecule has 1 heteroatoms. The van der Waals surface area contributed by atoms with Crippen molar-refractivity contribution in [1.29, 1.82) is 0 Å². The van der Waals surface area contributed by atoms with Gasteiger partial charge in [0.25, 0.3) is 0 Å². The summed E-state index contributed by atoms with van der Waals surface area (Å²) in [5.74, 6) is 0. The highest BCUT2D eigenvalue weighted by atomic mass is 15.2. The average Bonchev–Trinajstić information content (AvgIpc) is 3.31. The van der Waals surface area contributed by atoms with Gasteiger partial charge in [0.1, 0.15) is 0 Å². The summed E-state index contributed by atoms with van der Waals surface area (Å²) >= 11 is 0. The molecule has 0 aliphatic carbocycles. The van der Waals surface area contributed by atoms with Crippen molar-refractivity contribution < 1.29 is 0 Å². The van der Waals surface area contributed by atoms with Gasteiger partial charge >= 0.3 is 0 Å². The zero-order valence-corrected chi connectivity index (χ0v) is 29.6. The van der Waals surface area contributed by atoms with Crippen molar-refractivity contribution in [2.75, 3.05) is 11.9 Å². The third-order valence-corrected chi connectivity index (χ3v) is 10.7. The molecule has 1 aliphatic rings. The minimum absolute atomic E-state index is 0.125. The molecule has 0 unspecified atom stereocenters. The lowest BCUT2D eigenvalue weighted by Crippen LogP contribution is -2.22. The minimum Gasteiger partial charge on any atom is -0.347 e. The van der Waals surface area contributed by atoms with E-state index in [1.807, 2.05) is 0 Å². The van der Waals surface area contributed by atoms with Crippen LogP contribution in [-0.4, -0.2) is 7.05 Å². The molecule has 0 fully saturated rings. The molecule has 242 valence electrons. The van der Waals surface area contributed by atoms with Crippen LogP contribution in [0.25, 0.3) is 43.1 Å². The van der Waals surface area contributed by atoms with E-state index < -0.39 is 0 Å². The molecule has 1 heterocycles. The Morgan fingerprint density at radius 2 is 1.02 bits per heavy atom. The molecule has 0 saturated carbocycles. The molecule has 0 radical (unpaired) electrons. The maximum absolute atomic E-state index is 4.53. The molecule has 0 bridgehead atoms. The lowest BCUT2D eigenvalue weighted by Gasteiger charge is -2.31. The van der Waals surface area contributed by atoms with Crippen molar-refractivity contribution in [2.45, 2.75) is 45.4 Å². The SMILES string of the molecule is C=C(/C=C/C=C/C=C/C=C/C=C1/N(C)c2c(c3ccccc3c3ccccc23)C1(C)C)C(C)(C)c1c(C)c2ccccc2c2ccccc12. The molecule has 49 heavy (non-hydrogen) atoms. The van der Waals surface area contributed by atoms with Gasteiger partial charge in [-0.15, -0.1) is 0 Å². The van der Waals surface area contributed by atoms with E-state index in [0.717, 1.165) is 5.57 Å². The summed E-state index contributed by atoms with van der Waals surface area (Å²) in [6, 6.07) is 35.2. The number of fused-ring (bicyclic) bond motifs is 9. The molecule has 0 saturated heterocycles. The van der Waals surface area contributed by atoms with Gasteiger partial charge in [0.2, 0.25) is 0 Å². The topological polar surface area (TPSA) is 3.24 Å². The highest BCUT2D eigenvalue weighted by Crippen LogP contribution is 2.53. The van der Waals surface area contributed by atoms with Gasteiger partial charge in [-0.25, -0.2) is 0 Å². The number of hydrogen-bond acceptors (Lipinski definition) is 1. The van der Waals surface area contributed by atoms with Crippen molar-refractivity contribution in [2.24, 2.45) is 0 Å². The Labute approximate surface area is 291 Å². The van der Waals surface area contributed by atoms with E-state index in [2.05, 4.69) is 205 Å². The summed E-state index contributed by atoms with van der Waals surface area (Å²) < 4.78 is 0. The zero-order chi connectivity index (χ0) is 34.3. The Morgan fingerprint density at radius 3 is 1.63 bits per heavy atom. The molecule has 7 rings (SSSR count). The molecule has 0 atom stereocenters. The van der Waals surface area contributed by atoms with E-state index in [-0.39, 0.29) is 10.8 Å². The highest BCUT2D eigenvalue weighted by Gasteiger charge is 2.41. The maximum Gasteiger partial charge on any atom is 0.0534 e. The second kappa shape index (κ2) is 12.6. The van der Waals surface area contributed by atoms with Crippen LogP contribution in [0.4, 0.5) is 5.69 Å². The third kappa shape index (κ3) is 5.35. The van der Waals surface area contributed by atoms with Gasteiger partial charge in [-0.2, -0.15) is 0 Å². The molecule has 6 aromatic carbocycles. The first-order chi connectivity index (χ1) is 23.6. The fraction of sp³-hybridized carbons (Fsp3) is 0.167. The van der Waals surface area contributed by atoms with Crippen LogP contribution in [0.15, 0.2) is 170 Å². The number of allylic oxidation sites excluding steroid dienone is 11. The van der Waals surface area contributed by atoms with Crippen LogP contribution >= 0.6 is 0 Å². The van der Waals surface area contributed by atoms with E-state index in [1.54, 1.807) is 0 Å². The fourth-order valence-electron chi connectivity index (χ4n) is 8.22. The van der Waals surface area contributed by atoms with E-state index in [0.29, 0.717) is 0 Å². The molecule has 0 amide bonds. The highest BCUT2D eigenvalue weighted by molar-refractivity contribution is 6.17. The Bertz CT molecular complexity index is 2420. The Hall–Kier alpha value is -5.40. The molecule has 0 spiro atoms. The van der Waals surface area contributed by atoms with Crippen LogP contribution in [-0.2, 0) is 10.8 Å². The predicted molar refractivity (Wildman–Crippen MR) is 216 cm³/mol. The monoisotopic (exact) mass is 635 g/mol. The summed E-state index contributed by atoms with van der Waals surface area (Å²) in [5.41, 5.74) is 7.42. The van der Waals surface area contributed by atoms with Gasteiger partial charge in [-0.3, -0.25) is 0 Å². The summed E-state index contributed by atoms with van der Waals surface area (Å²) in [6.45, 7) is 16.1. The summed E-state index contributed by atoms with van der Waals surface area (Å²) in [4.78, 5) is 2.39. The van der Waals surface area contributed by atoms with Crippen molar-refractivity contribution in [3.63, 3.8) is 0 Å². The summed E-state index contributed by atoms with van der Waals surface area (Å²) in [6.07, 6.45) is 19.1. The molecular weight excluding hydrogens is 591 g/mol. The number of benzene rings is 6. The smallest absolute Gasteiger partial charge is 0.0534 e. The Kier molecular flexibility index (Phi) is 8.25. The number of hydrogen-bond donors (Lipinski definition) is 0. The van der Waals surface area contributed by atoms with Gasteiger partial charge in [0.05, 0.1) is 5.69 Å². The number of nitrogens with zero attached hydrogens (tertiary/aromatic N) is 1. The van der Waals surface area contributed by atoms with Crippen LogP contribution in [0.2, 0.25) is 0 Å². The standard InChI is InChI=1S/C48H45N/c1-33(47(3,4)44-34(2)35-24-15-16-25-36(35)37-26-17-20-29-40(37)44)23-13-11-9-8-10-12-14-32-43-48(5,6)45-41-30-21-18-27-38(41)39-28-19-22-31-42(39)46(45)49(43)7/h8-32H,1H2,2-7H3/b10-8+,11-9+,14-12+,23-13+,43-32+. The number of rotatable bonds is 7. The molecular formula is C48H45N.